The molecule has 1 N–H and O–H groups in total. The fraction of sp³-hybridized carbons (Fsp3) is 0.556. The highest BCUT2D eigenvalue weighted by molar-refractivity contribution is 5.99. The highest BCUT2D eigenvalue weighted by Gasteiger charge is 2.22. The van der Waals surface area contributed by atoms with Gasteiger partial charge in [0.25, 0.3) is 5.91 Å². The molecule has 4 heteroatoms. The van der Waals surface area contributed by atoms with Crippen molar-refractivity contribution in [2.24, 2.45) is 0 Å². The maximum absolute atomic E-state index is 12.3. The van der Waals surface area contributed by atoms with Gasteiger partial charge in [-0.1, -0.05) is 32.3 Å². The second-order valence-corrected chi connectivity index (χ2v) is 6.07. The Hall–Kier alpha value is -1.84. The van der Waals surface area contributed by atoms with E-state index in [9.17, 15) is 9.59 Å². The first kappa shape index (κ1) is 16.5. The summed E-state index contributed by atoms with van der Waals surface area (Å²) in [6, 6.07) is 7.54. The third kappa shape index (κ3) is 4.33. The van der Waals surface area contributed by atoms with E-state index in [0.717, 1.165) is 31.5 Å². The van der Waals surface area contributed by atoms with Crippen molar-refractivity contribution in [1.29, 1.82) is 0 Å². The molecule has 1 fully saturated rings. The molecule has 22 heavy (non-hydrogen) atoms. The van der Waals surface area contributed by atoms with Crippen LogP contribution in [-0.2, 0) is 4.79 Å². The van der Waals surface area contributed by atoms with Crippen LogP contribution in [0.4, 0.5) is 5.69 Å². The first-order valence-electron chi connectivity index (χ1n) is 8.33. The lowest BCUT2D eigenvalue weighted by atomic mass is 10.1. The van der Waals surface area contributed by atoms with Gasteiger partial charge in [0.05, 0.1) is 0 Å². The average Bonchev–Trinajstić information content (AvgIpc) is 2.94. The predicted molar refractivity (Wildman–Crippen MR) is 89.1 cm³/mol. The predicted octanol–water partition coefficient (Wildman–Crippen LogP) is 3.51. The van der Waals surface area contributed by atoms with E-state index in [2.05, 4.69) is 12.2 Å². The zero-order valence-electron chi connectivity index (χ0n) is 13.6. The van der Waals surface area contributed by atoms with Crippen LogP contribution in [0, 0.1) is 0 Å². The van der Waals surface area contributed by atoms with E-state index in [4.69, 9.17) is 0 Å². The molecule has 4 nitrogen and oxygen atoms in total. The molecule has 1 saturated heterocycles. The molecule has 1 unspecified atom stereocenters. The summed E-state index contributed by atoms with van der Waals surface area (Å²) in [7, 11) is 0. The zero-order valence-corrected chi connectivity index (χ0v) is 13.6. The zero-order chi connectivity index (χ0) is 15.9. The normalized spacial score (nSPS) is 15.9. The summed E-state index contributed by atoms with van der Waals surface area (Å²) in [5, 5.41) is 3.04. The molecule has 2 rings (SSSR count). The number of rotatable bonds is 7. The fourth-order valence-electron chi connectivity index (χ4n) is 2.82. The molecule has 0 saturated carbocycles. The highest BCUT2D eigenvalue weighted by Crippen LogP contribution is 2.22. The molecule has 0 radical (unpaired) electrons. The first-order valence-corrected chi connectivity index (χ1v) is 8.33. The minimum absolute atomic E-state index is 0.0579. The molecule has 0 aliphatic carbocycles. The molecule has 0 bridgehead atoms. The molecular weight excluding hydrogens is 276 g/mol. The van der Waals surface area contributed by atoms with Gasteiger partial charge < -0.3 is 10.2 Å². The third-order valence-electron chi connectivity index (χ3n) is 4.11. The van der Waals surface area contributed by atoms with Gasteiger partial charge in [0.1, 0.15) is 0 Å². The van der Waals surface area contributed by atoms with Gasteiger partial charge in [-0.05, 0) is 38.0 Å². The number of nitrogens with zero attached hydrogens (tertiary/aromatic N) is 1. The van der Waals surface area contributed by atoms with Gasteiger partial charge in [-0.3, -0.25) is 9.59 Å². The summed E-state index contributed by atoms with van der Waals surface area (Å²) < 4.78 is 0. The van der Waals surface area contributed by atoms with Gasteiger partial charge in [-0.25, -0.2) is 0 Å². The molecule has 0 spiro atoms. The third-order valence-corrected chi connectivity index (χ3v) is 4.11. The second kappa shape index (κ2) is 7.97. The van der Waals surface area contributed by atoms with Crippen molar-refractivity contribution in [1.82, 2.24) is 5.32 Å². The van der Waals surface area contributed by atoms with Crippen LogP contribution in [0.15, 0.2) is 24.3 Å². The van der Waals surface area contributed by atoms with Gasteiger partial charge >= 0.3 is 0 Å². The lowest BCUT2D eigenvalue weighted by molar-refractivity contribution is -0.117. The van der Waals surface area contributed by atoms with E-state index < -0.39 is 0 Å². The summed E-state index contributed by atoms with van der Waals surface area (Å²) in [6.45, 7) is 4.97. The Bertz CT molecular complexity index is 528. The van der Waals surface area contributed by atoms with Crippen molar-refractivity contribution in [3.8, 4) is 0 Å². The van der Waals surface area contributed by atoms with Crippen molar-refractivity contribution >= 4 is 17.5 Å². The van der Waals surface area contributed by atoms with E-state index in [0.29, 0.717) is 12.0 Å². The Kier molecular flexibility index (Phi) is 5.99. The highest BCUT2D eigenvalue weighted by atomic mass is 16.2. The van der Waals surface area contributed by atoms with Crippen LogP contribution in [0.1, 0.15) is 62.7 Å². The molecule has 1 aromatic rings. The molecule has 1 aliphatic rings. The van der Waals surface area contributed by atoms with Crippen LogP contribution in [0.5, 0.6) is 0 Å². The van der Waals surface area contributed by atoms with Crippen LogP contribution in [0.25, 0.3) is 0 Å². The maximum Gasteiger partial charge on any atom is 0.251 e. The van der Waals surface area contributed by atoms with Crippen molar-refractivity contribution in [2.75, 3.05) is 11.4 Å². The molecule has 1 heterocycles. The SMILES string of the molecule is CCCCCC(C)NC(=O)c1cccc(N2CCCC2=O)c1. The monoisotopic (exact) mass is 302 g/mol. The number of amides is 2. The van der Waals surface area contributed by atoms with Crippen LogP contribution in [0.3, 0.4) is 0 Å². The second-order valence-electron chi connectivity index (χ2n) is 6.07. The van der Waals surface area contributed by atoms with Gasteiger partial charge in [0.15, 0.2) is 0 Å². The van der Waals surface area contributed by atoms with E-state index in [1.165, 1.54) is 12.8 Å². The molecule has 1 aliphatic heterocycles. The van der Waals surface area contributed by atoms with E-state index in [1.54, 1.807) is 11.0 Å². The molecule has 2 amide bonds. The topological polar surface area (TPSA) is 49.4 Å². The minimum atomic E-state index is -0.0579. The summed E-state index contributed by atoms with van der Waals surface area (Å²) >= 11 is 0. The molecule has 1 aromatic carbocycles. The number of nitrogens with one attached hydrogen (secondary N) is 1. The number of anilines is 1. The fourth-order valence-corrected chi connectivity index (χ4v) is 2.82. The molecular formula is C18H26N2O2. The first-order chi connectivity index (χ1) is 10.6. The number of carbonyl (C=O) groups is 2. The Labute approximate surface area is 132 Å². The Morgan fingerprint density at radius 1 is 1.36 bits per heavy atom. The van der Waals surface area contributed by atoms with Crippen LogP contribution < -0.4 is 10.2 Å². The minimum Gasteiger partial charge on any atom is -0.350 e. The summed E-state index contributed by atoms with van der Waals surface area (Å²) in [6.07, 6.45) is 6.03. The number of unbranched alkanes of at least 4 members (excludes halogenated alkanes) is 2. The van der Waals surface area contributed by atoms with Crippen LogP contribution in [-0.4, -0.2) is 24.4 Å². The van der Waals surface area contributed by atoms with E-state index in [-0.39, 0.29) is 17.9 Å². The summed E-state index contributed by atoms with van der Waals surface area (Å²) in [5.41, 5.74) is 1.45. The van der Waals surface area contributed by atoms with Crippen LogP contribution in [0.2, 0.25) is 0 Å². The quantitative estimate of drug-likeness (QED) is 0.784. The molecule has 0 aromatic heterocycles. The number of hydrogen-bond acceptors (Lipinski definition) is 2. The van der Waals surface area contributed by atoms with Crippen molar-refractivity contribution in [3.05, 3.63) is 29.8 Å². The van der Waals surface area contributed by atoms with Gasteiger partial charge in [0, 0.05) is 30.3 Å². The summed E-state index contributed by atoms with van der Waals surface area (Å²) in [4.78, 5) is 25.9. The summed E-state index contributed by atoms with van der Waals surface area (Å²) in [5.74, 6) is 0.0861. The molecule has 1 atom stereocenters. The van der Waals surface area contributed by atoms with Gasteiger partial charge in [-0.15, -0.1) is 0 Å². The lowest BCUT2D eigenvalue weighted by Gasteiger charge is -2.17. The molecule has 120 valence electrons. The van der Waals surface area contributed by atoms with Crippen LogP contribution >= 0.6 is 0 Å². The number of benzene rings is 1. The average molecular weight is 302 g/mol. The Morgan fingerprint density at radius 2 is 2.18 bits per heavy atom. The van der Waals surface area contributed by atoms with E-state index in [1.807, 2.05) is 25.1 Å². The maximum atomic E-state index is 12.3. The van der Waals surface area contributed by atoms with Crippen molar-refractivity contribution in [3.63, 3.8) is 0 Å². The Morgan fingerprint density at radius 3 is 2.86 bits per heavy atom. The van der Waals surface area contributed by atoms with Gasteiger partial charge in [0.2, 0.25) is 5.91 Å². The van der Waals surface area contributed by atoms with Gasteiger partial charge in [-0.2, -0.15) is 0 Å². The lowest BCUT2D eigenvalue weighted by Crippen LogP contribution is -2.32. The standard InChI is InChI=1S/C18H26N2O2/c1-3-4-5-8-14(2)19-18(22)15-9-6-10-16(13-15)20-12-7-11-17(20)21/h6,9-10,13-14H,3-5,7-8,11-12H2,1-2H3,(H,19,22). The smallest absolute Gasteiger partial charge is 0.251 e. The number of hydrogen-bond donors (Lipinski definition) is 1. The number of carbonyl (C=O) groups excluding carboxylic acids is 2. The largest absolute Gasteiger partial charge is 0.350 e. The van der Waals surface area contributed by atoms with Crippen molar-refractivity contribution in [2.45, 2.75) is 58.4 Å². The van der Waals surface area contributed by atoms with E-state index >= 15 is 0 Å². The Balaban J connectivity index is 1.96. The van der Waals surface area contributed by atoms with Crippen molar-refractivity contribution < 1.29 is 9.59 Å².